The van der Waals surface area contributed by atoms with E-state index in [9.17, 15) is 22.4 Å². The molecule has 0 aliphatic carbocycles. The lowest BCUT2D eigenvalue weighted by Gasteiger charge is -2.23. The SMILES string of the molecule is O=C(c1cc(F)c(F)c(F)c1F)N(C[C@@H]1CCCO1)c1nc2ccccc2s1. The Morgan fingerprint density at radius 2 is 1.96 bits per heavy atom. The highest BCUT2D eigenvalue weighted by molar-refractivity contribution is 7.22. The quantitative estimate of drug-likeness (QED) is 0.356. The highest BCUT2D eigenvalue weighted by Crippen LogP contribution is 2.31. The van der Waals surface area contributed by atoms with Gasteiger partial charge in [0.2, 0.25) is 0 Å². The minimum absolute atomic E-state index is 0.0404. The lowest BCUT2D eigenvalue weighted by atomic mass is 10.1. The third-order valence-corrected chi connectivity index (χ3v) is 5.56. The van der Waals surface area contributed by atoms with Crippen LogP contribution in [-0.2, 0) is 4.74 Å². The number of amides is 1. The van der Waals surface area contributed by atoms with E-state index in [2.05, 4.69) is 4.98 Å². The molecule has 3 aromatic rings. The lowest BCUT2D eigenvalue weighted by molar-refractivity contribution is 0.0912. The number of fused-ring (bicyclic) bond motifs is 1. The van der Waals surface area contributed by atoms with Crippen molar-refractivity contribution in [3.05, 3.63) is 59.2 Å². The number of nitrogens with zero attached hydrogens (tertiary/aromatic N) is 2. The normalized spacial score (nSPS) is 16.6. The Kier molecular flexibility index (Phi) is 5.03. The number of carbonyl (C=O) groups excluding carboxylic acids is 1. The topological polar surface area (TPSA) is 42.4 Å². The number of halogens is 4. The predicted octanol–water partition coefficient (Wildman–Crippen LogP) is 4.68. The molecular weight excluding hydrogens is 396 g/mol. The van der Waals surface area contributed by atoms with E-state index in [-0.39, 0.29) is 17.8 Å². The number of thiazole rings is 1. The van der Waals surface area contributed by atoms with Gasteiger partial charge in [-0.25, -0.2) is 22.5 Å². The zero-order valence-corrected chi connectivity index (χ0v) is 15.2. The number of aromatic nitrogens is 1. The van der Waals surface area contributed by atoms with Crippen LogP contribution in [0.1, 0.15) is 23.2 Å². The summed E-state index contributed by atoms with van der Waals surface area (Å²) in [5.41, 5.74) is -0.266. The van der Waals surface area contributed by atoms with Crippen LogP contribution in [0, 0.1) is 23.3 Å². The van der Waals surface area contributed by atoms with Crippen LogP contribution in [0.25, 0.3) is 10.2 Å². The predicted molar refractivity (Wildman–Crippen MR) is 96.5 cm³/mol. The van der Waals surface area contributed by atoms with Gasteiger partial charge in [-0.2, -0.15) is 0 Å². The zero-order chi connectivity index (χ0) is 19.8. The van der Waals surface area contributed by atoms with Crippen molar-refractivity contribution >= 4 is 32.6 Å². The Morgan fingerprint density at radius 1 is 1.18 bits per heavy atom. The molecular formula is C19H14F4N2O2S. The molecule has 1 atom stereocenters. The zero-order valence-electron chi connectivity index (χ0n) is 14.4. The van der Waals surface area contributed by atoms with E-state index in [4.69, 9.17) is 4.74 Å². The second-order valence-corrected chi connectivity index (χ2v) is 7.37. The number of carbonyl (C=O) groups is 1. The van der Waals surface area contributed by atoms with E-state index in [0.29, 0.717) is 24.6 Å². The van der Waals surface area contributed by atoms with Gasteiger partial charge in [0.05, 0.1) is 28.4 Å². The van der Waals surface area contributed by atoms with Crippen LogP contribution in [0.15, 0.2) is 30.3 Å². The number of hydrogen-bond acceptors (Lipinski definition) is 4. The van der Waals surface area contributed by atoms with E-state index < -0.39 is 34.7 Å². The minimum atomic E-state index is -2.02. The first-order chi connectivity index (χ1) is 13.5. The van der Waals surface area contributed by atoms with Crippen LogP contribution in [0.3, 0.4) is 0 Å². The van der Waals surface area contributed by atoms with Gasteiger partial charge in [0, 0.05) is 6.61 Å². The minimum Gasteiger partial charge on any atom is -0.376 e. The van der Waals surface area contributed by atoms with Crippen molar-refractivity contribution in [2.75, 3.05) is 18.1 Å². The number of anilines is 1. The number of benzene rings is 2. The summed E-state index contributed by atoms with van der Waals surface area (Å²) < 4.78 is 61.1. The Hall–Kier alpha value is -2.52. The highest BCUT2D eigenvalue weighted by Gasteiger charge is 2.31. The maximum absolute atomic E-state index is 14.2. The first kappa shape index (κ1) is 18.8. The second kappa shape index (κ2) is 7.48. The molecule has 146 valence electrons. The second-order valence-electron chi connectivity index (χ2n) is 6.36. The van der Waals surface area contributed by atoms with Crippen molar-refractivity contribution in [2.24, 2.45) is 0 Å². The molecule has 9 heteroatoms. The molecule has 0 N–H and O–H groups in total. The fraction of sp³-hybridized carbons (Fsp3) is 0.263. The van der Waals surface area contributed by atoms with Gasteiger partial charge >= 0.3 is 0 Å². The van der Waals surface area contributed by atoms with Gasteiger partial charge in [0.15, 0.2) is 28.4 Å². The monoisotopic (exact) mass is 410 g/mol. The van der Waals surface area contributed by atoms with Gasteiger partial charge in [-0.1, -0.05) is 23.5 Å². The van der Waals surface area contributed by atoms with Gasteiger partial charge < -0.3 is 4.74 Å². The molecule has 1 aromatic heterocycles. The Morgan fingerprint density at radius 3 is 2.68 bits per heavy atom. The molecule has 1 amide bonds. The van der Waals surface area contributed by atoms with Crippen molar-refractivity contribution < 1.29 is 27.1 Å². The molecule has 0 spiro atoms. The number of para-hydroxylation sites is 1. The molecule has 1 fully saturated rings. The van der Waals surface area contributed by atoms with Crippen LogP contribution in [-0.4, -0.2) is 30.1 Å². The molecule has 4 nitrogen and oxygen atoms in total. The fourth-order valence-corrected chi connectivity index (χ4v) is 4.06. The molecule has 0 unspecified atom stereocenters. The summed E-state index contributed by atoms with van der Waals surface area (Å²) in [5.74, 6) is -8.36. The van der Waals surface area contributed by atoms with Gasteiger partial charge in [-0.15, -0.1) is 0 Å². The van der Waals surface area contributed by atoms with Gasteiger partial charge in [-0.3, -0.25) is 9.69 Å². The van der Waals surface area contributed by atoms with Crippen LogP contribution >= 0.6 is 11.3 Å². The molecule has 28 heavy (non-hydrogen) atoms. The smallest absolute Gasteiger partial charge is 0.263 e. The van der Waals surface area contributed by atoms with Crippen molar-refractivity contribution in [1.82, 2.24) is 4.98 Å². The molecule has 4 rings (SSSR count). The first-order valence-electron chi connectivity index (χ1n) is 8.57. The Balaban J connectivity index is 1.77. The fourth-order valence-electron chi connectivity index (χ4n) is 3.09. The summed E-state index contributed by atoms with van der Waals surface area (Å²) in [4.78, 5) is 18.5. The molecule has 1 saturated heterocycles. The van der Waals surface area contributed by atoms with Crippen LogP contribution in [0.4, 0.5) is 22.7 Å². The van der Waals surface area contributed by atoms with E-state index in [0.717, 1.165) is 16.0 Å². The van der Waals surface area contributed by atoms with Gasteiger partial charge in [0.1, 0.15) is 0 Å². The average molecular weight is 410 g/mol. The van der Waals surface area contributed by atoms with Crippen LogP contribution < -0.4 is 4.90 Å². The van der Waals surface area contributed by atoms with E-state index in [1.807, 2.05) is 6.07 Å². The van der Waals surface area contributed by atoms with Crippen molar-refractivity contribution in [3.63, 3.8) is 0 Å². The van der Waals surface area contributed by atoms with Crippen LogP contribution in [0.2, 0.25) is 0 Å². The summed E-state index contributed by atoms with van der Waals surface area (Å²) in [6.07, 6.45) is 1.18. The summed E-state index contributed by atoms with van der Waals surface area (Å²) >= 11 is 1.18. The Labute approximate surface area is 161 Å². The van der Waals surface area contributed by atoms with Crippen molar-refractivity contribution in [3.8, 4) is 0 Å². The lowest BCUT2D eigenvalue weighted by Crippen LogP contribution is -2.38. The molecule has 2 heterocycles. The van der Waals surface area contributed by atoms with E-state index in [1.165, 1.54) is 11.3 Å². The maximum atomic E-state index is 14.2. The van der Waals surface area contributed by atoms with Crippen molar-refractivity contribution in [1.29, 1.82) is 0 Å². The summed E-state index contributed by atoms with van der Waals surface area (Å²) in [7, 11) is 0. The van der Waals surface area contributed by atoms with Gasteiger partial charge in [0.25, 0.3) is 5.91 Å². The summed E-state index contributed by atoms with van der Waals surface area (Å²) in [5, 5.41) is 0.242. The molecule has 1 aliphatic rings. The third kappa shape index (κ3) is 3.35. The highest BCUT2D eigenvalue weighted by atomic mass is 32.1. The van der Waals surface area contributed by atoms with E-state index in [1.54, 1.807) is 18.2 Å². The standard InChI is InChI=1S/C19H14F4N2O2S/c20-12-8-11(15(21)17(23)16(12)22)18(26)25(9-10-4-3-7-27-10)19-24-13-5-1-2-6-14(13)28-19/h1-2,5-6,8,10H,3-4,7,9H2/t10-/m0/s1. The summed E-state index contributed by atoms with van der Waals surface area (Å²) in [6, 6.07) is 7.51. The average Bonchev–Trinajstić information content (AvgIpc) is 3.35. The first-order valence-corrected chi connectivity index (χ1v) is 9.39. The third-order valence-electron chi connectivity index (χ3n) is 4.50. The molecule has 0 radical (unpaired) electrons. The summed E-state index contributed by atoms with van der Waals surface area (Å²) in [6.45, 7) is 0.569. The number of ether oxygens (including phenoxy) is 1. The largest absolute Gasteiger partial charge is 0.376 e. The molecule has 1 aliphatic heterocycles. The Bertz CT molecular complexity index is 1020. The molecule has 0 saturated carbocycles. The molecule has 2 aromatic carbocycles. The van der Waals surface area contributed by atoms with Crippen LogP contribution in [0.5, 0.6) is 0 Å². The van der Waals surface area contributed by atoms with Crippen molar-refractivity contribution in [2.45, 2.75) is 18.9 Å². The number of hydrogen-bond donors (Lipinski definition) is 0. The maximum Gasteiger partial charge on any atom is 0.263 e. The van der Waals surface area contributed by atoms with E-state index >= 15 is 0 Å². The molecule has 0 bridgehead atoms. The number of rotatable bonds is 4. The van der Waals surface area contributed by atoms with Gasteiger partial charge in [-0.05, 0) is 31.0 Å².